The molecule has 9 nitrogen and oxygen atoms in total. The first-order valence-electron chi connectivity index (χ1n) is 13.7. The summed E-state index contributed by atoms with van der Waals surface area (Å²) >= 11 is 0. The molecule has 0 aliphatic heterocycles. The van der Waals surface area contributed by atoms with E-state index in [1.807, 2.05) is 77.1 Å². The second-order valence-corrected chi connectivity index (χ2v) is 8.03. The van der Waals surface area contributed by atoms with Crippen LogP contribution in [0.5, 0.6) is 0 Å². The Morgan fingerprint density at radius 2 is 1.59 bits per heavy atom. The molecule has 0 fully saturated rings. The molecule has 0 bridgehead atoms. The third-order valence-electron chi connectivity index (χ3n) is 4.97. The van der Waals surface area contributed by atoms with Gasteiger partial charge in [-0.2, -0.15) is 5.06 Å². The molecule has 0 saturated heterocycles. The predicted molar refractivity (Wildman–Crippen MR) is 159 cm³/mol. The van der Waals surface area contributed by atoms with Crippen molar-refractivity contribution in [3.05, 3.63) is 65.7 Å². The van der Waals surface area contributed by atoms with Gasteiger partial charge in [-0.1, -0.05) is 77.1 Å². The molecule has 39 heavy (non-hydrogen) atoms. The minimum absolute atomic E-state index is 0. The first-order valence-corrected chi connectivity index (χ1v) is 13.7. The molecule has 2 amide bonds. The van der Waals surface area contributed by atoms with Crippen LogP contribution in [0, 0.1) is 0 Å². The molecule has 0 aromatic heterocycles. The molecule has 0 radical (unpaired) electrons. The smallest absolute Gasteiger partial charge is 0.302 e. The maximum absolute atomic E-state index is 12.9. The molecular weight excluding hydrogens is 498 g/mol. The highest BCUT2D eigenvalue weighted by Crippen LogP contribution is 2.12. The number of hydroxylamine groups is 2. The summed E-state index contributed by atoms with van der Waals surface area (Å²) in [5.41, 5.74) is 2.51. The first-order chi connectivity index (χ1) is 18.9. The van der Waals surface area contributed by atoms with Crippen molar-refractivity contribution >= 4 is 23.5 Å². The molecule has 0 aliphatic carbocycles. The molecule has 2 N–H and O–H groups in total. The number of hydrogen-bond acceptors (Lipinski definition) is 7. The number of nitrogens with one attached hydrogen (secondary N) is 2. The van der Waals surface area contributed by atoms with Crippen molar-refractivity contribution in [2.24, 2.45) is 0 Å². The van der Waals surface area contributed by atoms with Crippen molar-refractivity contribution in [1.29, 1.82) is 0 Å². The van der Waals surface area contributed by atoms with E-state index in [1.165, 1.54) is 12.0 Å². The van der Waals surface area contributed by atoms with E-state index in [-0.39, 0.29) is 34.0 Å². The van der Waals surface area contributed by atoms with E-state index in [1.54, 1.807) is 19.2 Å². The summed E-state index contributed by atoms with van der Waals surface area (Å²) in [5.74, 6) is -0.745. The number of amides is 2. The zero-order chi connectivity index (χ0) is 29.5. The number of esters is 1. The average Bonchev–Trinajstić information content (AvgIpc) is 2.94. The van der Waals surface area contributed by atoms with Crippen LogP contribution < -0.4 is 10.6 Å². The Morgan fingerprint density at radius 1 is 0.949 bits per heavy atom. The number of carbonyl (C=O) groups excluding carboxylic acids is 3. The third-order valence-corrected chi connectivity index (χ3v) is 4.97. The average molecular weight is 550 g/mol. The Bertz CT molecular complexity index is 934. The number of carbonyl (C=O) groups is 3. The van der Waals surface area contributed by atoms with Crippen LogP contribution in [-0.4, -0.2) is 55.9 Å². The summed E-state index contributed by atoms with van der Waals surface area (Å²) in [7, 11) is 1.72. The Hall–Kier alpha value is -3.27. The molecule has 9 heteroatoms. The molecule has 2 aromatic carbocycles. The fraction of sp³-hybridized carbons (Fsp3) is 0.500. The fourth-order valence-electron chi connectivity index (χ4n) is 3.14. The van der Waals surface area contributed by atoms with Gasteiger partial charge in [0, 0.05) is 35.4 Å². The van der Waals surface area contributed by atoms with Crippen LogP contribution in [0.3, 0.4) is 0 Å². The quantitative estimate of drug-likeness (QED) is 0.129. The number of anilines is 1. The maximum atomic E-state index is 12.9. The van der Waals surface area contributed by atoms with Crippen molar-refractivity contribution in [3.8, 4) is 0 Å². The van der Waals surface area contributed by atoms with Crippen molar-refractivity contribution in [2.45, 2.75) is 73.5 Å². The van der Waals surface area contributed by atoms with Crippen LogP contribution in [0.1, 0.15) is 68.4 Å². The number of ether oxygens (including phenoxy) is 2. The molecule has 222 valence electrons. The molecule has 0 unspecified atom stereocenters. The van der Waals surface area contributed by atoms with Gasteiger partial charge in [-0.15, -0.1) is 0 Å². The van der Waals surface area contributed by atoms with Crippen LogP contribution in [0.4, 0.5) is 5.69 Å². The van der Waals surface area contributed by atoms with E-state index >= 15 is 0 Å². The molecule has 0 saturated carbocycles. The number of likely N-dealkylation sites (N-methyl/N-ethyl adjacent to an activating group) is 1. The largest absolute Gasteiger partial charge is 0.464 e. The minimum atomic E-state index is -0.672. The summed E-state index contributed by atoms with van der Waals surface area (Å²) in [5, 5.41) is 7.27. The lowest BCUT2D eigenvalue weighted by Gasteiger charge is -2.19. The van der Waals surface area contributed by atoms with Gasteiger partial charge >= 0.3 is 5.97 Å². The van der Waals surface area contributed by atoms with Crippen LogP contribution >= 0.6 is 0 Å². The Kier molecular flexibility index (Phi) is 20.8. The number of rotatable bonds is 15. The predicted octanol–water partition coefficient (Wildman–Crippen LogP) is 5.60. The molecule has 2 rings (SSSR count). The summed E-state index contributed by atoms with van der Waals surface area (Å²) in [4.78, 5) is 41.2. The van der Waals surface area contributed by atoms with Crippen molar-refractivity contribution in [1.82, 2.24) is 10.4 Å². The number of nitrogens with zero attached hydrogens (tertiary/aromatic N) is 1. The zero-order valence-electron chi connectivity index (χ0n) is 24.6. The van der Waals surface area contributed by atoms with Gasteiger partial charge < -0.3 is 20.1 Å². The third kappa shape index (κ3) is 17.0. The van der Waals surface area contributed by atoms with E-state index < -0.39 is 6.04 Å². The Morgan fingerprint density at radius 3 is 2.18 bits per heavy atom. The molecule has 0 heterocycles. The van der Waals surface area contributed by atoms with Crippen LogP contribution in [-0.2, 0) is 41.7 Å². The first kappa shape index (κ1) is 35.7. The monoisotopic (exact) mass is 549 g/mol. The van der Waals surface area contributed by atoms with Gasteiger partial charge in [-0.3, -0.25) is 19.2 Å². The summed E-state index contributed by atoms with van der Waals surface area (Å²) in [6, 6.07) is 16.2. The maximum Gasteiger partial charge on any atom is 0.302 e. The van der Waals surface area contributed by atoms with Gasteiger partial charge in [0.25, 0.3) is 0 Å². The minimum Gasteiger partial charge on any atom is -0.464 e. The lowest BCUT2D eigenvalue weighted by Crippen LogP contribution is -2.45. The SMILES string of the molecule is CC.CC.CCCC(=O)N[C@@H](Cc1ccccc1)C(=O)Nc1ccc(COCON(C)CCOC(C)=O)cc1.[HH].[HH]. The van der Waals surface area contributed by atoms with E-state index in [9.17, 15) is 14.4 Å². The van der Waals surface area contributed by atoms with Crippen LogP contribution in [0.2, 0.25) is 0 Å². The van der Waals surface area contributed by atoms with Crippen LogP contribution in [0.25, 0.3) is 0 Å². The van der Waals surface area contributed by atoms with E-state index in [4.69, 9.17) is 14.3 Å². The van der Waals surface area contributed by atoms with Gasteiger partial charge in [0.15, 0.2) is 6.79 Å². The lowest BCUT2D eigenvalue weighted by atomic mass is 10.0. The summed E-state index contributed by atoms with van der Waals surface area (Å²) in [6.45, 7) is 12.3. The van der Waals surface area contributed by atoms with Crippen molar-refractivity contribution in [3.63, 3.8) is 0 Å². The molecule has 2 aromatic rings. The topological polar surface area (TPSA) is 106 Å². The fourth-order valence-corrected chi connectivity index (χ4v) is 3.14. The Labute approximate surface area is 237 Å². The van der Waals surface area contributed by atoms with Gasteiger partial charge in [0.2, 0.25) is 11.8 Å². The molecule has 0 spiro atoms. The lowest BCUT2D eigenvalue weighted by molar-refractivity contribution is -0.218. The van der Waals surface area contributed by atoms with Gasteiger partial charge in [0.1, 0.15) is 12.6 Å². The zero-order valence-corrected chi connectivity index (χ0v) is 24.6. The highest BCUT2D eigenvalue weighted by atomic mass is 16.8. The molecular formula is C30H51N3O6. The van der Waals surface area contributed by atoms with Crippen molar-refractivity contribution < 1.29 is 31.5 Å². The summed E-state index contributed by atoms with van der Waals surface area (Å²) < 4.78 is 10.4. The normalized spacial score (nSPS) is 10.8. The molecule has 0 aliphatic rings. The highest BCUT2D eigenvalue weighted by molar-refractivity contribution is 5.97. The van der Waals surface area contributed by atoms with Crippen molar-refractivity contribution in [2.75, 3.05) is 32.3 Å². The number of hydrogen-bond donors (Lipinski definition) is 2. The van der Waals surface area contributed by atoms with E-state index in [0.717, 1.165) is 11.1 Å². The number of benzene rings is 2. The van der Waals surface area contributed by atoms with E-state index in [2.05, 4.69) is 10.6 Å². The Balaban J connectivity index is -0.00000230. The second kappa shape index (κ2) is 22.7. The van der Waals surface area contributed by atoms with Gasteiger partial charge in [0.05, 0.1) is 13.2 Å². The highest BCUT2D eigenvalue weighted by Gasteiger charge is 2.21. The van der Waals surface area contributed by atoms with E-state index in [0.29, 0.717) is 38.1 Å². The second-order valence-electron chi connectivity index (χ2n) is 8.03. The van der Waals surface area contributed by atoms with Gasteiger partial charge in [-0.25, -0.2) is 0 Å². The molecule has 1 atom stereocenters. The van der Waals surface area contributed by atoms with Gasteiger partial charge in [-0.05, 0) is 29.7 Å². The standard InChI is InChI=1S/C26H35N3O6.2C2H6.2H2/c1-4-8-25(31)28-24(17-21-9-6-5-7-10-21)26(32)27-23-13-11-22(12-14-23)18-33-19-35-29(3)15-16-34-20(2)30;2*1-2;;/h5-7,9-14,24H,4,8,15-19H2,1-3H3,(H,27,32)(H,28,31);2*1-2H3;2*1H/t24-;;;;/m0..../s1. The van der Waals surface area contributed by atoms with Crippen LogP contribution in [0.15, 0.2) is 54.6 Å². The summed E-state index contributed by atoms with van der Waals surface area (Å²) in [6.07, 6.45) is 1.49.